The van der Waals surface area contributed by atoms with Crippen LogP contribution in [0.25, 0.3) is 0 Å². The predicted octanol–water partition coefficient (Wildman–Crippen LogP) is 5.37. The molecule has 0 bridgehead atoms. The van der Waals surface area contributed by atoms with Crippen molar-refractivity contribution in [3.8, 4) is 0 Å². The summed E-state index contributed by atoms with van der Waals surface area (Å²) in [5, 5.41) is 3.28. The van der Waals surface area contributed by atoms with Crippen LogP contribution in [-0.2, 0) is 0 Å². The summed E-state index contributed by atoms with van der Waals surface area (Å²) in [6.07, 6.45) is 13.1. The topological polar surface area (TPSA) is 12.0 Å². The van der Waals surface area contributed by atoms with Crippen LogP contribution in [0.3, 0.4) is 0 Å². The Morgan fingerprint density at radius 3 is 1.32 bits per heavy atom. The molecule has 1 nitrogen and oxygen atoms in total. The van der Waals surface area contributed by atoms with Crippen molar-refractivity contribution >= 4 is 19.8 Å². The molecule has 0 amide bonds. The molecule has 0 unspecified atom stereocenters. The molecule has 0 aromatic heterocycles. The van der Waals surface area contributed by atoms with Crippen LogP contribution in [-0.4, -0.2) is 32.8 Å². The Bertz CT molecular complexity index is 127. The van der Waals surface area contributed by atoms with Gasteiger partial charge in [0.15, 0.2) is 0 Å². The van der Waals surface area contributed by atoms with Crippen molar-refractivity contribution < 1.29 is 0 Å². The number of hydrogen-bond acceptors (Lipinski definition) is 1. The summed E-state index contributed by atoms with van der Waals surface area (Å²) in [7, 11) is 0. The summed E-state index contributed by atoms with van der Waals surface area (Å²) >= 11 is -0.967. The van der Waals surface area contributed by atoms with Crippen LogP contribution < -0.4 is 5.32 Å². The quantitative estimate of drug-likeness (QED) is 0.534. The van der Waals surface area contributed by atoms with Crippen molar-refractivity contribution in [2.24, 2.45) is 0 Å². The normalized spacial score (nSPS) is 15.2. The third-order valence-electron chi connectivity index (χ3n) is 4.10. The van der Waals surface area contributed by atoms with Crippen LogP contribution >= 0.6 is 0 Å². The number of rotatable bonds is 9. The van der Waals surface area contributed by atoms with Gasteiger partial charge in [-0.25, -0.2) is 0 Å². The van der Waals surface area contributed by atoms with Crippen LogP contribution in [0.5, 0.6) is 0 Å². The van der Waals surface area contributed by atoms with Crippen LogP contribution in [0.1, 0.15) is 78.6 Å². The van der Waals surface area contributed by atoms with Gasteiger partial charge in [-0.2, -0.15) is 0 Å². The number of nitrogens with one attached hydrogen (secondary N) is 1. The van der Waals surface area contributed by atoms with Crippen LogP contribution in [0.2, 0.25) is 13.3 Å². The van der Waals surface area contributed by atoms with Crippen molar-refractivity contribution in [2.45, 2.75) is 91.9 Å². The second kappa shape index (κ2) is 16.8. The Morgan fingerprint density at radius 1 is 0.684 bits per heavy atom. The van der Waals surface area contributed by atoms with E-state index in [1.54, 1.807) is 13.3 Å². The van der Waals surface area contributed by atoms with Gasteiger partial charge in [0.2, 0.25) is 0 Å². The van der Waals surface area contributed by atoms with E-state index in [1.807, 2.05) is 0 Å². The summed E-state index contributed by atoms with van der Waals surface area (Å²) in [5.74, 6) is 0. The first-order valence-electron chi connectivity index (χ1n) is 9.05. The molecule has 1 saturated heterocycles. The van der Waals surface area contributed by atoms with E-state index in [0.717, 1.165) is 0 Å². The molecule has 0 aromatic carbocycles. The van der Waals surface area contributed by atoms with Crippen molar-refractivity contribution in [2.75, 3.05) is 13.1 Å². The first-order chi connectivity index (χ1) is 9.35. The molecule has 116 valence electrons. The van der Waals surface area contributed by atoms with Gasteiger partial charge in [0, 0.05) is 0 Å². The fraction of sp³-hybridized carbons (Fsp3) is 1.00. The SMILES string of the molecule is C1CCNCC1.CCC[CH2][SnH]([CH2]CCC)[CH2]CCC. The average molecular weight is 376 g/mol. The molecule has 0 aliphatic carbocycles. The van der Waals surface area contributed by atoms with Gasteiger partial charge >= 0.3 is 92.4 Å². The fourth-order valence-corrected chi connectivity index (χ4v) is 13.6. The Kier molecular flexibility index (Phi) is 17.5. The third kappa shape index (κ3) is 15.0. The van der Waals surface area contributed by atoms with E-state index >= 15 is 0 Å². The predicted molar refractivity (Wildman–Crippen MR) is 93.0 cm³/mol. The molecule has 2 heteroatoms. The molecule has 0 aromatic rings. The summed E-state index contributed by atoms with van der Waals surface area (Å²) in [6.45, 7) is 9.51. The molecule has 1 heterocycles. The number of hydrogen-bond donors (Lipinski definition) is 1. The average Bonchev–Trinajstić information content (AvgIpc) is 2.49. The third-order valence-corrected chi connectivity index (χ3v) is 14.6. The van der Waals surface area contributed by atoms with Crippen molar-refractivity contribution in [1.29, 1.82) is 0 Å². The van der Waals surface area contributed by atoms with E-state index in [1.165, 1.54) is 70.9 Å². The molecule has 19 heavy (non-hydrogen) atoms. The maximum atomic E-state index is 3.28. The molecule has 0 radical (unpaired) electrons. The summed E-state index contributed by atoms with van der Waals surface area (Å²) < 4.78 is 5.08. The summed E-state index contributed by atoms with van der Waals surface area (Å²) in [6, 6.07) is 0. The van der Waals surface area contributed by atoms with Gasteiger partial charge in [-0.1, -0.05) is 6.42 Å². The van der Waals surface area contributed by atoms with Gasteiger partial charge in [-0.15, -0.1) is 0 Å². The van der Waals surface area contributed by atoms with Crippen LogP contribution in [0.15, 0.2) is 0 Å². The van der Waals surface area contributed by atoms with E-state index < -0.39 is 19.8 Å². The molecule has 1 fully saturated rings. The summed E-state index contributed by atoms with van der Waals surface area (Å²) in [4.78, 5) is 0. The first-order valence-corrected chi connectivity index (χ1v) is 16.0. The first kappa shape index (κ1) is 19.8. The monoisotopic (exact) mass is 377 g/mol. The van der Waals surface area contributed by atoms with Crippen molar-refractivity contribution in [3.05, 3.63) is 0 Å². The molecule has 1 aliphatic heterocycles. The van der Waals surface area contributed by atoms with Gasteiger partial charge in [0.05, 0.1) is 0 Å². The minimum atomic E-state index is -0.967. The Labute approximate surface area is 130 Å². The van der Waals surface area contributed by atoms with E-state index in [2.05, 4.69) is 26.1 Å². The van der Waals surface area contributed by atoms with Crippen LogP contribution in [0.4, 0.5) is 0 Å². The van der Waals surface area contributed by atoms with E-state index in [9.17, 15) is 0 Å². The summed E-state index contributed by atoms with van der Waals surface area (Å²) in [5.41, 5.74) is 0. The fourth-order valence-electron chi connectivity index (χ4n) is 2.71. The number of unbranched alkanes of at least 4 members (excludes halogenated alkanes) is 3. The molecule has 0 atom stereocenters. The van der Waals surface area contributed by atoms with E-state index in [0.29, 0.717) is 0 Å². The van der Waals surface area contributed by atoms with Gasteiger partial charge in [-0.05, 0) is 25.9 Å². The van der Waals surface area contributed by atoms with Crippen molar-refractivity contribution in [1.82, 2.24) is 5.32 Å². The second-order valence-electron chi connectivity index (χ2n) is 6.10. The zero-order valence-corrected chi connectivity index (χ0v) is 17.3. The zero-order chi connectivity index (χ0) is 14.2. The molecule has 0 spiro atoms. The standard InChI is InChI=1S/C5H11N.3C4H9.Sn.H/c1-2-4-6-5-3-1;3*1-3-4-2;;/h6H,1-5H2;3*1,3-4H2,2H3;;. The molecule has 1 N–H and O–H groups in total. The molecular weight excluding hydrogens is 337 g/mol. The maximum absolute atomic E-state index is 3.28. The Hall–Kier alpha value is 0.759. The number of piperidine rings is 1. The molecule has 1 rings (SSSR count). The van der Waals surface area contributed by atoms with Crippen molar-refractivity contribution in [3.63, 3.8) is 0 Å². The van der Waals surface area contributed by atoms with E-state index in [4.69, 9.17) is 0 Å². The van der Waals surface area contributed by atoms with Gasteiger partial charge in [0.25, 0.3) is 0 Å². The second-order valence-corrected chi connectivity index (χ2v) is 16.0. The van der Waals surface area contributed by atoms with Gasteiger partial charge < -0.3 is 5.32 Å². The van der Waals surface area contributed by atoms with Gasteiger partial charge in [-0.3, -0.25) is 0 Å². The molecular formula is C17H39NSn. The molecule has 1 aliphatic rings. The van der Waals surface area contributed by atoms with Gasteiger partial charge in [0.1, 0.15) is 0 Å². The molecule has 0 saturated carbocycles. The van der Waals surface area contributed by atoms with E-state index in [-0.39, 0.29) is 0 Å². The Morgan fingerprint density at radius 2 is 1.11 bits per heavy atom. The van der Waals surface area contributed by atoms with Crippen LogP contribution in [0, 0.1) is 0 Å². The Balaban J connectivity index is 0.000000443. The minimum absolute atomic E-state index is 0.967. The zero-order valence-electron chi connectivity index (χ0n) is 14.0.